The van der Waals surface area contributed by atoms with Gasteiger partial charge in [-0.15, -0.1) is 0 Å². The van der Waals surface area contributed by atoms with Crippen molar-refractivity contribution in [3.8, 4) is 11.1 Å². The molecule has 0 N–H and O–H groups in total. The Kier molecular flexibility index (Phi) is 4.61. The number of hydrogen-bond acceptors (Lipinski definition) is 2. The van der Waals surface area contributed by atoms with Crippen molar-refractivity contribution < 1.29 is 9.53 Å². The maximum Gasteiger partial charge on any atom is 0.339 e. The third-order valence-corrected chi connectivity index (χ3v) is 3.75. The maximum atomic E-state index is 11.9. The van der Waals surface area contributed by atoms with E-state index < -0.39 is 5.97 Å². The minimum absolute atomic E-state index is 0.404. The minimum Gasteiger partial charge on any atom is -0.465 e. The van der Waals surface area contributed by atoms with E-state index in [0.717, 1.165) is 16.7 Å². The van der Waals surface area contributed by atoms with Crippen LogP contribution in [0.5, 0.6) is 0 Å². The third-order valence-electron chi connectivity index (χ3n) is 2.87. The van der Waals surface area contributed by atoms with Crippen molar-refractivity contribution in [2.24, 2.45) is 0 Å². The number of carbonyl (C=O) groups excluding carboxylic acids is 1. The van der Waals surface area contributed by atoms with Gasteiger partial charge in [-0.1, -0.05) is 63.9 Å². The first-order chi connectivity index (χ1) is 9.19. The Morgan fingerprint density at radius 2 is 1.89 bits per heavy atom. The molecule has 4 heteroatoms. The van der Waals surface area contributed by atoms with Crippen LogP contribution in [0.2, 0.25) is 5.02 Å². The second kappa shape index (κ2) is 6.22. The van der Waals surface area contributed by atoms with Crippen LogP contribution in [0.4, 0.5) is 0 Å². The SMILES string of the molecule is COC(=O)c1c(Cl)ccc(-c2ccccc2)c1CBr. The topological polar surface area (TPSA) is 26.3 Å². The van der Waals surface area contributed by atoms with Crippen LogP contribution in [0, 0.1) is 0 Å². The molecule has 0 saturated heterocycles. The number of methoxy groups -OCH3 is 1. The Labute approximate surface area is 125 Å². The summed E-state index contributed by atoms with van der Waals surface area (Å²) in [5, 5.41) is 0.934. The summed E-state index contributed by atoms with van der Waals surface area (Å²) in [6, 6.07) is 13.5. The van der Waals surface area contributed by atoms with Gasteiger partial charge in [-0.25, -0.2) is 4.79 Å². The first-order valence-electron chi connectivity index (χ1n) is 5.70. The van der Waals surface area contributed by atoms with Gasteiger partial charge in [0.2, 0.25) is 0 Å². The highest BCUT2D eigenvalue weighted by Crippen LogP contribution is 2.32. The van der Waals surface area contributed by atoms with Crippen LogP contribution in [0.1, 0.15) is 15.9 Å². The molecular weight excluding hydrogens is 328 g/mol. The molecule has 2 aromatic carbocycles. The van der Waals surface area contributed by atoms with Gasteiger partial charge in [0.05, 0.1) is 17.7 Å². The maximum absolute atomic E-state index is 11.9. The van der Waals surface area contributed by atoms with Crippen LogP contribution < -0.4 is 0 Å². The van der Waals surface area contributed by atoms with E-state index in [4.69, 9.17) is 16.3 Å². The first kappa shape index (κ1) is 14.1. The van der Waals surface area contributed by atoms with Gasteiger partial charge in [-0.05, 0) is 22.8 Å². The van der Waals surface area contributed by atoms with Gasteiger partial charge in [0.15, 0.2) is 0 Å². The lowest BCUT2D eigenvalue weighted by Crippen LogP contribution is -2.07. The van der Waals surface area contributed by atoms with E-state index in [2.05, 4.69) is 15.9 Å². The Balaban J connectivity index is 2.67. The predicted molar refractivity (Wildman–Crippen MR) is 80.9 cm³/mol. The third kappa shape index (κ3) is 2.82. The summed E-state index contributed by atoms with van der Waals surface area (Å²) < 4.78 is 4.81. The second-order valence-electron chi connectivity index (χ2n) is 3.94. The van der Waals surface area contributed by atoms with E-state index in [1.165, 1.54) is 7.11 Å². The number of alkyl halides is 1. The van der Waals surface area contributed by atoms with Crippen LogP contribution in [0.3, 0.4) is 0 Å². The molecule has 2 aromatic rings. The molecule has 98 valence electrons. The first-order valence-corrected chi connectivity index (χ1v) is 7.20. The van der Waals surface area contributed by atoms with E-state index in [1.807, 2.05) is 36.4 Å². The molecule has 2 rings (SSSR count). The average Bonchev–Trinajstić information content (AvgIpc) is 2.46. The van der Waals surface area contributed by atoms with Crippen molar-refractivity contribution >= 4 is 33.5 Å². The van der Waals surface area contributed by atoms with Gasteiger partial charge in [0.1, 0.15) is 0 Å². The molecule has 0 amide bonds. The number of hydrogen-bond donors (Lipinski definition) is 0. The van der Waals surface area contributed by atoms with Crippen LogP contribution in [0.25, 0.3) is 11.1 Å². The van der Waals surface area contributed by atoms with Crippen LogP contribution >= 0.6 is 27.5 Å². The number of carbonyl (C=O) groups is 1. The molecule has 0 radical (unpaired) electrons. The van der Waals surface area contributed by atoms with Crippen molar-refractivity contribution in [3.05, 3.63) is 58.6 Å². The highest BCUT2D eigenvalue weighted by atomic mass is 79.9. The minimum atomic E-state index is -0.419. The molecule has 0 saturated carbocycles. The molecule has 0 aliphatic heterocycles. The largest absolute Gasteiger partial charge is 0.465 e. The van der Waals surface area contributed by atoms with Crippen molar-refractivity contribution in [2.75, 3.05) is 7.11 Å². The summed E-state index contributed by atoms with van der Waals surface area (Å²) >= 11 is 9.54. The lowest BCUT2D eigenvalue weighted by Gasteiger charge is -2.13. The molecule has 0 spiro atoms. The fourth-order valence-electron chi connectivity index (χ4n) is 1.97. The molecular formula is C15H12BrClO2. The molecule has 0 unspecified atom stereocenters. The van der Waals surface area contributed by atoms with Gasteiger partial charge in [0.25, 0.3) is 0 Å². The zero-order valence-electron chi connectivity index (χ0n) is 10.3. The van der Waals surface area contributed by atoms with E-state index in [9.17, 15) is 4.79 Å². The summed E-state index contributed by atoms with van der Waals surface area (Å²) in [4.78, 5) is 11.9. The fourth-order valence-corrected chi connectivity index (χ4v) is 2.81. The number of benzene rings is 2. The van der Waals surface area contributed by atoms with Gasteiger partial charge in [-0.3, -0.25) is 0 Å². The summed E-state index contributed by atoms with van der Waals surface area (Å²) in [5.74, 6) is -0.419. The standard InChI is InChI=1S/C15H12BrClO2/c1-19-15(18)14-12(9-16)11(7-8-13(14)17)10-5-3-2-4-6-10/h2-8H,9H2,1H3. The predicted octanol–water partition coefficient (Wildman–Crippen LogP) is 4.69. The highest BCUT2D eigenvalue weighted by Gasteiger charge is 2.19. The van der Waals surface area contributed by atoms with Crippen LogP contribution in [-0.4, -0.2) is 13.1 Å². The van der Waals surface area contributed by atoms with E-state index in [-0.39, 0.29) is 0 Å². The Bertz CT molecular complexity index is 597. The van der Waals surface area contributed by atoms with Gasteiger partial charge in [-0.2, -0.15) is 0 Å². The van der Waals surface area contributed by atoms with Gasteiger partial charge < -0.3 is 4.74 Å². The van der Waals surface area contributed by atoms with Gasteiger partial charge >= 0.3 is 5.97 Å². The normalized spacial score (nSPS) is 10.3. The van der Waals surface area contributed by atoms with Crippen molar-refractivity contribution in [1.82, 2.24) is 0 Å². The summed E-state index contributed by atoms with van der Waals surface area (Å²) in [6.45, 7) is 0. The van der Waals surface area contributed by atoms with Crippen molar-refractivity contribution in [2.45, 2.75) is 5.33 Å². The van der Waals surface area contributed by atoms with Crippen LogP contribution in [-0.2, 0) is 10.1 Å². The average molecular weight is 340 g/mol. The lowest BCUT2D eigenvalue weighted by atomic mass is 9.96. The molecule has 0 atom stereocenters. The Morgan fingerprint density at radius 3 is 2.47 bits per heavy atom. The van der Waals surface area contributed by atoms with Crippen LogP contribution in [0.15, 0.2) is 42.5 Å². The van der Waals surface area contributed by atoms with E-state index in [0.29, 0.717) is 15.9 Å². The Morgan fingerprint density at radius 1 is 1.21 bits per heavy atom. The molecule has 0 aliphatic carbocycles. The zero-order valence-corrected chi connectivity index (χ0v) is 12.7. The van der Waals surface area contributed by atoms with E-state index >= 15 is 0 Å². The number of ether oxygens (including phenoxy) is 1. The number of rotatable bonds is 3. The quantitative estimate of drug-likeness (QED) is 0.599. The monoisotopic (exact) mass is 338 g/mol. The smallest absolute Gasteiger partial charge is 0.339 e. The summed E-state index contributed by atoms with van der Waals surface area (Å²) in [5.41, 5.74) is 3.27. The van der Waals surface area contributed by atoms with Crippen molar-refractivity contribution in [1.29, 1.82) is 0 Å². The molecule has 0 fully saturated rings. The van der Waals surface area contributed by atoms with E-state index in [1.54, 1.807) is 6.07 Å². The molecule has 2 nitrogen and oxygen atoms in total. The summed E-state index contributed by atoms with van der Waals surface area (Å²) in [7, 11) is 1.35. The molecule has 0 aromatic heterocycles. The molecule has 19 heavy (non-hydrogen) atoms. The fraction of sp³-hybridized carbons (Fsp3) is 0.133. The Hall–Kier alpha value is -1.32. The second-order valence-corrected chi connectivity index (χ2v) is 4.91. The summed E-state index contributed by atoms with van der Waals surface area (Å²) in [6.07, 6.45) is 0. The molecule has 0 bridgehead atoms. The molecule has 0 heterocycles. The number of esters is 1. The lowest BCUT2D eigenvalue weighted by molar-refractivity contribution is 0.0600. The molecule has 0 aliphatic rings. The number of halogens is 2. The highest BCUT2D eigenvalue weighted by molar-refractivity contribution is 9.08. The van der Waals surface area contributed by atoms with Gasteiger partial charge in [0, 0.05) is 5.33 Å². The zero-order chi connectivity index (χ0) is 13.8. The van der Waals surface area contributed by atoms with Crippen molar-refractivity contribution in [3.63, 3.8) is 0 Å².